The van der Waals surface area contributed by atoms with Crippen LogP contribution in [-0.4, -0.2) is 28.6 Å². The summed E-state index contributed by atoms with van der Waals surface area (Å²) in [7, 11) is 0. The highest BCUT2D eigenvalue weighted by atomic mass is 35.5. The first kappa shape index (κ1) is 17.3. The number of carbonyl (C=O) groups excluding carboxylic acids is 1. The molecule has 23 heavy (non-hydrogen) atoms. The van der Waals surface area contributed by atoms with Crippen LogP contribution in [0.5, 0.6) is 5.88 Å². The fourth-order valence-corrected chi connectivity index (χ4v) is 2.10. The fraction of sp³-hybridized carbons (Fsp3) is 0.375. The Morgan fingerprint density at radius 2 is 2.30 bits per heavy atom. The van der Waals surface area contributed by atoms with Gasteiger partial charge in [-0.05, 0) is 39.0 Å². The van der Waals surface area contributed by atoms with Crippen molar-refractivity contribution in [1.29, 1.82) is 0 Å². The largest absolute Gasteiger partial charge is 0.474 e. The molecule has 1 atom stereocenters. The van der Waals surface area contributed by atoms with Crippen molar-refractivity contribution < 1.29 is 19.1 Å². The van der Waals surface area contributed by atoms with Gasteiger partial charge < -0.3 is 19.6 Å². The second-order valence-electron chi connectivity index (χ2n) is 5.61. The van der Waals surface area contributed by atoms with Gasteiger partial charge in [0, 0.05) is 6.20 Å². The van der Waals surface area contributed by atoms with Gasteiger partial charge in [0.15, 0.2) is 0 Å². The highest BCUT2D eigenvalue weighted by Crippen LogP contribution is 2.24. The minimum Gasteiger partial charge on any atom is -0.474 e. The number of pyridine rings is 1. The molecule has 1 unspecified atom stereocenters. The Kier molecular flexibility index (Phi) is 5.28. The maximum atomic E-state index is 12.2. The van der Waals surface area contributed by atoms with Gasteiger partial charge in [0.05, 0.1) is 24.5 Å². The van der Waals surface area contributed by atoms with E-state index in [4.69, 9.17) is 20.8 Å². The lowest BCUT2D eigenvalue weighted by atomic mass is 10.0. The Balaban J connectivity index is 2.02. The molecule has 6 nitrogen and oxygen atoms in total. The summed E-state index contributed by atoms with van der Waals surface area (Å²) in [4.78, 5) is 16.2. The van der Waals surface area contributed by atoms with Crippen LogP contribution in [0, 0.1) is 0 Å². The zero-order chi connectivity index (χ0) is 17.0. The molecule has 124 valence electrons. The van der Waals surface area contributed by atoms with Gasteiger partial charge in [-0.25, -0.2) is 4.98 Å². The molecular weight excluding hydrogens is 320 g/mol. The SMILES string of the molecule is CC(C)Oc1ncc(C(=O)NCC(C)(O)c2ccco2)cc1Cl. The molecule has 0 aliphatic carbocycles. The lowest BCUT2D eigenvalue weighted by Gasteiger charge is -2.21. The van der Waals surface area contributed by atoms with E-state index in [1.165, 1.54) is 18.5 Å². The average Bonchev–Trinajstić information content (AvgIpc) is 3.01. The summed E-state index contributed by atoms with van der Waals surface area (Å²) < 4.78 is 10.6. The van der Waals surface area contributed by atoms with E-state index in [1.54, 1.807) is 19.1 Å². The molecular formula is C16H19ClN2O4. The summed E-state index contributed by atoms with van der Waals surface area (Å²) in [5, 5.41) is 13.2. The second kappa shape index (κ2) is 7.02. The van der Waals surface area contributed by atoms with E-state index in [9.17, 15) is 9.90 Å². The van der Waals surface area contributed by atoms with Crippen molar-refractivity contribution in [3.8, 4) is 5.88 Å². The van der Waals surface area contributed by atoms with Crippen LogP contribution in [0.15, 0.2) is 35.1 Å². The molecule has 0 aromatic carbocycles. The second-order valence-corrected chi connectivity index (χ2v) is 6.02. The predicted octanol–water partition coefficient (Wildman–Crippen LogP) is 2.75. The van der Waals surface area contributed by atoms with E-state index in [1.807, 2.05) is 13.8 Å². The number of carbonyl (C=O) groups is 1. The van der Waals surface area contributed by atoms with Gasteiger partial charge in [-0.3, -0.25) is 4.79 Å². The van der Waals surface area contributed by atoms with Crippen molar-refractivity contribution in [3.63, 3.8) is 0 Å². The minimum atomic E-state index is -1.31. The zero-order valence-corrected chi connectivity index (χ0v) is 13.9. The van der Waals surface area contributed by atoms with Crippen LogP contribution in [0.4, 0.5) is 0 Å². The Labute approximate surface area is 139 Å². The molecule has 0 aliphatic rings. The monoisotopic (exact) mass is 338 g/mol. The van der Waals surface area contributed by atoms with Gasteiger partial charge in [0.1, 0.15) is 16.4 Å². The normalized spacial score (nSPS) is 13.7. The molecule has 0 fully saturated rings. The number of aliphatic hydroxyl groups is 1. The van der Waals surface area contributed by atoms with Gasteiger partial charge in [0.2, 0.25) is 5.88 Å². The van der Waals surface area contributed by atoms with Crippen LogP contribution in [-0.2, 0) is 5.60 Å². The van der Waals surface area contributed by atoms with Crippen molar-refractivity contribution in [1.82, 2.24) is 10.3 Å². The summed E-state index contributed by atoms with van der Waals surface area (Å²) in [6, 6.07) is 4.79. The third kappa shape index (κ3) is 4.46. The standard InChI is InChI=1S/C16H19ClN2O4/c1-10(2)23-15-12(17)7-11(8-18-15)14(20)19-9-16(3,21)13-5-4-6-22-13/h4-8,10,21H,9H2,1-3H3,(H,19,20). The quantitative estimate of drug-likeness (QED) is 0.846. The van der Waals surface area contributed by atoms with Crippen molar-refractivity contribution in [2.45, 2.75) is 32.5 Å². The van der Waals surface area contributed by atoms with E-state index in [2.05, 4.69) is 10.3 Å². The molecule has 7 heteroatoms. The molecule has 2 aromatic rings. The lowest BCUT2D eigenvalue weighted by Crippen LogP contribution is -2.38. The molecule has 0 spiro atoms. The first-order chi connectivity index (χ1) is 10.8. The number of hydrogen-bond acceptors (Lipinski definition) is 5. The number of amides is 1. The number of halogens is 1. The van der Waals surface area contributed by atoms with Gasteiger partial charge in [-0.1, -0.05) is 11.6 Å². The molecule has 0 aliphatic heterocycles. The first-order valence-electron chi connectivity index (χ1n) is 7.16. The van der Waals surface area contributed by atoms with Crippen LogP contribution in [0.2, 0.25) is 5.02 Å². The zero-order valence-electron chi connectivity index (χ0n) is 13.2. The molecule has 2 aromatic heterocycles. The van der Waals surface area contributed by atoms with Crippen LogP contribution in [0.25, 0.3) is 0 Å². The lowest BCUT2D eigenvalue weighted by molar-refractivity contribution is 0.0330. The summed E-state index contributed by atoms with van der Waals surface area (Å²) >= 11 is 6.06. The molecule has 0 bridgehead atoms. The molecule has 2 N–H and O–H groups in total. The molecule has 0 saturated carbocycles. The maximum Gasteiger partial charge on any atom is 0.253 e. The molecule has 2 rings (SSSR count). The van der Waals surface area contributed by atoms with Crippen LogP contribution in [0.1, 0.15) is 36.9 Å². The van der Waals surface area contributed by atoms with Crippen LogP contribution >= 0.6 is 11.6 Å². The highest BCUT2D eigenvalue weighted by Gasteiger charge is 2.27. The Bertz CT molecular complexity index is 669. The third-order valence-corrected chi connectivity index (χ3v) is 3.33. The number of hydrogen-bond donors (Lipinski definition) is 2. The van der Waals surface area contributed by atoms with Crippen LogP contribution < -0.4 is 10.1 Å². The fourth-order valence-electron chi connectivity index (χ4n) is 1.89. The Morgan fingerprint density at radius 1 is 1.57 bits per heavy atom. The smallest absolute Gasteiger partial charge is 0.253 e. The minimum absolute atomic E-state index is 0.0127. The topological polar surface area (TPSA) is 84.6 Å². The molecule has 0 saturated heterocycles. The Morgan fingerprint density at radius 3 is 2.87 bits per heavy atom. The van der Waals surface area contributed by atoms with Crippen molar-refractivity contribution in [3.05, 3.63) is 47.0 Å². The van der Waals surface area contributed by atoms with Gasteiger partial charge in [-0.15, -0.1) is 0 Å². The van der Waals surface area contributed by atoms with E-state index in [0.717, 1.165) is 0 Å². The van der Waals surface area contributed by atoms with Gasteiger partial charge in [-0.2, -0.15) is 0 Å². The molecule has 1 amide bonds. The summed E-state index contributed by atoms with van der Waals surface area (Å²) in [5.74, 6) is 0.248. The van der Waals surface area contributed by atoms with E-state index >= 15 is 0 Å². The number of furan rings is 1. The summed E-state index contributed by atoms with van der Waals surface area (Å²) in [6.45, 7) is 5.25. The highest BCUT2D eigenvalue weighted by molar-refractivity contribution is 6.32. The van der Waals surface area contributed by atoms with Gasteiger partial charge >= 0.3 is 0 Å². The number of ether oxygens (including phenoxy) is 1. The number of rotatable bonds is 6. The van der Waals surface area contributed by atoms with Gasteiger partial charge in [0.25, 0.3) is 5.91 Å². The molecule has 0 radical (unpaired) electrons. The van der Waals surface area contributed by atoms with Crippen molar-refractivity contribution in [2.24, 2.45) is 0 Å². The average molecular weight is 339 g/mol. The number of nitrogens with zero attached hydrogens (tertiary/aromatic N) is 1. The number of aromatic nitrogens is 1. The maximum absolute atomic E-state index is 12.2. The van der Waals surface area contributed by atoms with Crippen molar-refractivity contribution >= 4 is 17.5 Å². The van der Waals surface area contributed by atoms with E-state index < -0.39 is 11.5 Å². The van der Waals surface area contributed by atoms with Crippen molar-refractivity contribution in [2.75, 3.05) is 6.54 Å². The predicted molar refractivity (Wildman–Crippen MR) is 85.6 cm³/mol. The summed E-state index contributed by atoms with van der Waals surface area (Å²) in [6.07, 6.45) is 2.77. The summed E-state index contributed by atoms with van der Waals surface area (Å²) in [5.41, 5.74) is -1.03. The van der Waals surface area contributed by atoms with E-state index in [0.29, 0.717) is 5.76 Å². The third-order valence-electron chi connectivity index (χ3n) is 3.06. The molecule has 2 heterocycles. The Hall–Kier alpha value is -2.05. The first-order valence-corrected chi connectivity index (χ1v) is 7.54. The number of nitrogens with one attached hydrogen (secondary N) is 1. The van der Waals surface area contributed by atoms with Crippen LogP contribution in [0.3, 0.4) is 0 Å². The van der Waals surface area contributed by atoms with E-state index in [-0.39, 0.29) is 29.1 Å².